The summed E-state index contributed by atoms with van der Waals surface area (Å²) in [6.07, 6.45) is 4.59. The van der Waals surface area contributed by atoms with Crippen molar-refractivity contribution in [2.45, 2.75) is 44.0 Å². The number of para-hydroxylation sites is 1. The lowest BCUT2D eigenvalue weighted by Crippen LogP contribution is -2.52. The zero-order valence-electron chi connectivity index (χ0n) is 20.3. The Morgan fingerprint density at radius 1 is 1.11 bits per heavy atom. The minimum absolute atomic E-state index is 0.0476. The molecule has 0 spiro atoms. The van der Waals surface area contributed by atoms with Gasteiger partial charge in [0, 0.05) is 44.6 Å². The van der Waals surface area contributed by atoms with Crippen molar-refractivity contribution in [2.24, 2.45) is 0 Å². The number of nitrogens with zero attached hydrogens (tertiary/aromatic N) is 4. The van der Waals surface area contributed by atoms with Gasteiger partial charge in [-0.3, -0.25) is 24.5 Å². The van der Waals surface area contributed by atoms with E-state index >= 15 is 0 Å². The molecule has 0 bridgehead atoms. The van der Waals surface area contributed by atoms with Crippen LogP contribution < -0.4 is 10.1 Å². The predicted octanol–water partition coefficient (Wildman–Crippen LogP) is 1.99. The summed E-state index contributed by atoms with van der Waals surface area (Å²) >= 11 is 0. The van der Waals surface area contributed by atoms with Gasteiger partial charge in [-0.15, -0.1) is 0 Å². The van der Waals surface area contributed by atoms with Crippen LogP contribution in [0.4, 0.5) is 0 Å². The summed E-state index contributed by atoms with van der Waals surface area (Å²) in [7, 11) is 1.62. The van der Waals surface area contributed by atoms with Crippen molar-refractivity contribution < 1.29 is 19.4 Å². The molecule has 3 heterocycles. The van der Waals surface area contributed by atoms with E-state index in [0.29, 0.717) is 49.2 Å². The number of likely N-dealkylation sites (tertiary alicyclic amines) is 2. The molecular formula is C27H31N5O4. The van der Waals surface area contributed by atoms with Gasteiger partial charge in [0.2, 0.25) is 5.91 Å². The zero-order valence-corrected chi connectivity index (χ0v) is 20.3. The Labute approximate surface area is 210 Å². The largest absolute Gasteiger partial charge is 0.497 e. The molecule has 2 saturated heterocycles. The summed E-state index contributed by atoms with van der Waals surface area (Å²) < 4.78 is 5.26. The first-order valence-electron chi connectivity index (χ1n) is 12.4. The Bertz CT molecular complexity index is 1240. The summed E-state index contributed by atoms with van der Waals surface area (Å²) in [6, 6.07) is 12.8. The number of hydrogen-bond acceptors (Lipinski definition) is 7. The number of methoxy groups -OCH3 is 1. The number of ether oxygens (including phenoxy) is 1. The Kier molecular flexibility index (Phi) is 7.11. The van der Waals surface area contributed by atoms with Gasteiger partial charge < -0.3 is 20.1 Å². The number of nitrogens with one attached hydrogen (secondary N) is 1. The number of aromatic nitrogens is 2. The molecule has 0 aliphatic carbocycles. The maximum Gasteiger partial charge on any atom is 0.256 e. The fraction of sp³-hybridized carbons (Fsp3) is 0.407. The number of β-amino-alcohol motifs (C(OH)–C–C–N with tert-alkyl or cyclic N) is 1. The van der Waals surface area contributed by atoms with Crippen molar-refractivity contribution in [3.8, 4) is 5.75 Å². The molecule has 2 N–H and O–H groups in total. The van der Waals surface area contributed by atoms with Gasteiger partial charge in [0.15, 0.2) is 0 Å². The van der Waals surface area contributed by atoms with Crippen LogP contribution in [0.1, 0.15) is 35.2 Å². The monoisotopic (exact) mass is 489 g/mol. The number of piperidine rings is 1. The van der Waals surface area contributed by atoms with Crippen LogP contribution in [0.2, 0.25) is 0 Å². The lowest BCUT2D eigenvalue weighted by atomic mass is 10.0. The Morgan fingerprint density at radius 3 is 2.69 bits per heavy atom. The van der Waals surface area contributed by atoms with Gasteiger partial charge in [-0.25, -0.2) is 0 Å². The molecule has 3 aromatic rings. The lowest BCUT2D eigenvalue weighted by molar-refractivity contribution is -0.126. The average molecular weight is 490 g/mol. The highest BCUT2D eigenvalue weighted by atomic mass is 16.5. The van der Waals surface area contributed by atoms with Crippen molar-refractivity contribution in [3.63, 3.8) is 0 Å². The first-order valence-corrected chi connectivity index (χ1v) is 12.4. The highest BCUT2D eigenvalue weighted by Gasteiger charge is 2.41. The molecule has 2 aliphatic rings. The Hall–Kier alpha value is -3.56. The number of amides is 2. The van der Waals surface area contributed by atoms with Gasteiger partial charge in [-0.2, -0.15) is 0 Å². The molecule has 9 nitrogen and oxygen atoms in total. The van der Waals surface area contributed by atoms with E-state index in [1.165, 1.54) is 0 Å². The van der Waals surface area contributed by atoms with Crippen molar-refractivity contribution in [1.82, 2.24) is 25.1 Å². The number of benzene rings is 2. The fourth-order valence-electron chi connectivity index (χ4n) is 5.33. The molecule has 188 valence electrons. The molecule has 0 unspecified atom stereocenters. The molecule has 0 radical (unpaired) electrons. The molecule has 5 rings (SSSR count). The summed E-state index contributed by atoms with van der Waals surface area (Å²) in [5.74, 6) is 0.618. The number of aliphatic hydroxyl groups is 1. The van der Waals surface area contributed by atoms with Crippen LogP contribution >= 0.6 is 0 Å². The number of fused-ring (bicyclic) bond motifs is 1. The van der Waals surface area contributed by atoms with Crippen LogP contribution in [0.5, 0.6) is 5.75 Å². The van der Waals surface area contributed by atoms with Crippen molar-refractivity contribution in [3.05, 3.63) is 66.0 Å². The van der Waals surface area contributed by atoms with E-state index in [9.17, 15) is 14.7 Å². The van der Waals surface area contributed by atoms with Crippen molar-refractivity contribution >= 4 is 22.8 Å². The predicted molar refractivity (Wildman–Crippen MR) is 134 cm³/mol. The molecule has 0 saturated carbocycles. The van der Waals surface area contributed by atoms with Gasteiger partial charge >= 0.3 is 0 Å². The van der Waals surface area contributed by atoms with E-state index in [2.05, 4.69) is 20.2 Å². The van der Waals surface area contributed by atoms with Crippen LogP contribution in [-0.4, -0.2) is 81.6 Å². The third kappa shape index (κ3) is 5.03. The van der Waals surface area contributed by atoms with Gasteiger partial charge in [0.1, 0.15) is 11.3 Å². The molecule has 2 aliphatic heterocycles. The van der Waals surface area contributed by atoms with Gasteiger partial charge in [0.05, 0.1) is 30.3 Å². The first-order chi connectivity index (χ1) is 17.5. The molecule has 2 amide bonds. The van der Waals surface area contributed by atoms with Crippen molar-refractivity contribution in [2.75, 3.05) is 26.7 Å². The second-order valence-corrected chi connectivity index (χ2v) is 9.42. The SMILES string of the molecule is COc1cccc(CNC(=O)[C@@H]2C[C@@H](O)CN2C2CCN(C(=O)c3cccc4nccnc34)CC2)c1. The number of hydrogen-bond donors (Lipinski definition) is 2. The number of carbonyl (C=O) groups excluding carboxylic acids is 2. The van der Waals surface area contributed by atoms with E-state index in [0.717, 1.165) is 24.2 Å². The standard InChI is InChI=1S/C27H31N5O4/c1-36-21-5-2-4-18(14-21)16-30-26(34)24-15-20(33)17-32(24)19-8-12-31(13-9-19)27(35)22-6-3-7-23-25(22)29-11-10-28-23/h2-7,10-11,14,19-20,24,33H,8-9,12-13,15-17H2,1H3,(H,30,34)/t20-,24+/m1/s1. The van der Waals surface area contributed by atoms with Crippen LogP contribution in [0, 0.1) is 0 Å². The molecule has 36 heavy (non-hydrogen) atoms. The molecule has 2 aromatic carbocycles. The topological polar surface area (TPSA) is 108 Å². The Balaban J connectivity index is 1.20. The smallest absolute Gasteiger partial charge is 0.256 e. The minimum Gasteiger partial charge on any atom is -0.497 e. The molecule has 2 fully saturated rings. The fourth-order valence-corrected chi connectivity index (χ4v) is 5.33. The summed E-state index contributed by atoms with van der Waals surface area (Å²) in [5.41, 5.74) is 2.83. The normalized spacial score (nSPS) is 21.0. The Morgan fingerprint density at radius 2 is 1.89 bits per heavy atom. The van der Waals surface area contributed by atoms with E-state index in [-0.39, 0.29) is 23.9 Å². The number of aliphatic hydroxyl groups excluding tert-OH is 1. The number of carbonyl (C=O) groups is 2. The van der Waals surface area contributed by atoms with E-state index in [1.807, 2.05) is 41.3 Å². The van der Waals surface area contributed by atoms with Crippen LogP contribution in [-0.2, 0) is 11.3 Å². The molecular weight excluding hydrogens is 458 g/mol. The lowest BCUT2D eigenvalue weighted by Gasteiger charge is -2.39. The average Bonchev–Trinajstić information content (AvgIpc) is 3.33. The van der Waals surface area contributed by atoms with E-state index in [1.54, 1.807) is 25.6 Å². The summed E-state index contributed by atoms with van der Waals surface area (Å²) in [6.45, 7) is 2.04. The molecule has 9 heteroatoms. The third-order valence-electron chi connectivity index (χ3n) is 7.17. The first kappa shape index (κ1) is 24.1. The van der Waals surface area contributed by atoms with E-state index in [4.69, 9.17) is 4.74 Å². The van der Waals surface area contributed by atoms with Crippen LogP contribution in [0.15, 0.2) is 54.9 Å². The minimum atomic E-state index is -0.536. The summed E-state index contributed by atoms with van der Waals surface area (Å²) in [5, 5.41) is 13.4. The second-order valence-electron chi connectivity index (χ2n) is 9.42. The quantitative estimate of drug-likeness (QED) is 0.545. The van der Waals surface area contributed by atoms with Crippen LogP contribution in [0.3, 0.4) is 0 Å². The van der Waals surface area contributed by atoms with Gasteiger partial charge in [-0.1, -0.05) is 18.2 Å². The zero-order chi connectivity index (χ0) is 25.1. The molecule has 1 aromatic heterocycles. The highest BCUT2D eigenvalue weighted by Crippen LogP contribution is 2.28. The maximum absolute atomic E-state index is 13.3. The maximum atomic E-state index is 13.3. The van der Waals surface area contributed by atoms with E-state index < -0.39 is 6.10 Å². The van der Waals surface area contributed by atoms with Crippen LogP contribution in [0.25, 0.3) is 11.0 Å². The number of rotatable bonds is 6. The third-order valence-corrected chi connectivity index (χ3v) is 7.17. The molecule has 2 atom stereocenters. The van der Waals surface area contributed by atoms with Crippen molar-refractivity contribution in [1.29, 1.82) is 0 Å². The second kappa shape index (κ2) is 10.6. The highest BCUT2D eigenvalue weighted by molar-refractivity contribution is 6.04. The van der Waals surface area contributed by atoms with Gasteiger partial charge in [-0.05, 0) is 49.1 Å². The van der Waals surface area contributed by atoms with Gasteiger partial charge in [0.25, 0.3) is 5.91 Å². The summed E-state index contributed by atoms with van der Waals surface area (Å²) in [4.78, 5) is 39.0.